The molecule has 0 unspecified atom stereocenters. The minimum atomic E-state index is 0.431. The number of rotatable bonds is 4. The molecule has 2 heterocycles. The summed E-state index contributed by atoms with van der Waals surface area (Å²) in [6, 6.07) is 24.4. The fraction of sp³-hybridized carbons (Fsp3) is 0.250. The first kappa shape index (κ1) is 18.9. The van der Waals surface area contributed by atoms with Crippen LogP contribution < -0.4 is 4.57 Å². The molecule has 2 nitrogen and oxygen atoms in total. The van der Waals surface area contributed by atoms with E-state index in [-0.39, 0.29) is 0 Å². The zero-order valence-electron chi connectivity index (χ0n) is 18.3. The molecule has 5 rings (SSSR count). The maximum atomic E-state index is 2.44. The highest BCUT2D eigenvalue weighted by atomic mass is 15.2. The van der Waals surface area contributed by atoms with Crippen molar-refractivity contribution in [2.45, 2.75) is 46.1 Å². The first-order valence-electron chi connectivity index (χ1n) is 11.0. The second-order valence-corrected chi connectivity index (χ2v) is 8.96. The molecule has 0 atom stereocenters. The van der Waals surface area contributed by atoms with Gasteiger partial charge in [0, 0.05) is 16.7 Å². The quantitative estimate of drug-likeness (QED) is 0.300. The molecular formula is C28H29N2+. The van der Waals surface area contributed by atoms with Crippen LogP contribution in [0.25, 0.3) is 28.2 Å². The lowest BCUT2D eigenvalue weighted by molar-refractivity contribution is -0.671. The van der Waals surface area contributed by atoms with E-state index in [2.05, 4.69) is 116 Å². The Morgan fingerprint density at radius 1 is 0.767 bits per heavy atom. The van der Waals surface area contributed by atoms with Gasteiger partial charge in [0.25, 0.3) is 5.82 Å². The van der Waals surface area contributed by atoms with Crippen LogP contribution in [0.15, 0.2) is 79.1 Å². The Balaban J connectivity index is 1.79. The highest BCUT2D eigenvalue weighted by molar-refractivity contribution is 5.71. The van der Waals surface area contributed by atoms with E-state index in [0.29, 0.717) is 11.8 Å². The van der Waals surface area contributed by atoms with Gasteiger partial charge in [0.15, 0.2) is 0 Å². The van der Waals surface area contributed by atoms with Crippen LogP contribution >= 0.6 is 0 Å². The average Bonchev–Trinajstić information content (AvgIpc) is 3.32. The van der Waals surface area contributed by atoms with Crippen molar-refractivity contribution in [3.63, 3.8) is 0 Å². The van der Waals surface area contributed by atoms with Gasteiger partial charge in [-0.3, -0.25) is 0 Å². The molecule has 30 heavy (non-hydrogen) atoms. The van der Waals surface area contributed by atoms with Crippen LogP contribution in [0.1, 0.15) is 56.2 Å². The Kier molecular flexibility index (Phi) is 4.58. The summed E-state index contributed by atoms with van der Waals surface area (Å²) in [5, 5.41) is 0. The molecule has 0 amide bonds. The monoisotopic (exact) mass is 393 g/mol. The number of hydrogen-bond donors (Lipinski definition) is 0. The van der Waals surface area contributed by atoms with Crippen LogP contribution in [0.5, 0.6) is 0 Å². The largest absolute Gasteiger partial charge is 0.294 e. The van der Waals surface area contributed by atoms with E-state index in [0.717, 1.165) is 6.54 Å². The predicted molar refractivity (Wildman–Crippen MR) is 124 cm³/mol. The van der Waals surface area contributed by atoms with Crippen LogP contribution in [0, 0.1) is 0 Å². The minimum absolute atomic E-state index is 0.431. The summed E-state index contributed by atoms with van der Waals surface area (Å²) >= 11 is 0. The van der Waals surface area contributed by atoms with Crippen LogP contribution in [0.4, 0.5) is 0 Å². The fourth-order valence-electron chi connectivity index (χ4n) is 4.71. The minimum Gasteiger partial charge on any atom is -0.225 e. The van der Waals surface area contributed by atoms with Crippen molar-refractivity contribution in [2.24, 2.45) is 0 Å². The van der Waals surface area contributed by atoms with Crippen LogP contribution in [0.2, 0.25) is 0 Å². The van der Waals surface area contributed by atoms with E-state index < -0.39 is 0 Å². The third kappa shape index (κ3) is 2.99. The predicted octanol–water partition coefficient (Wildman–Crippen LogP) is 6.71. The van der Waals surface area contributed by atoms with Gasteiger partial charge in [-0.05, 0) is 41.2 Å². The molecule has 0 spiro atoms. The number of aromatic nitrogens is 2. The molecule has 0 saturated carbocycles. The number of imidazole rings is 1. The van der Waals surface area contributed by atoms with E-state index in [4.69, 9.17) is 0 Å². The van der Waals surface area contributed by atoms with Gasteiger partial charge in [-0.15, -0.1) is 0 Å². The smallest absolute Gasteiger partial charge is 0.225 e. The molecule has 0 fully saturated rings. The van der Waals surface area contributed by atoms with Crippen molar-refractivity contribution in [2.75, 3.05) is 0 Å². The summed E-state index contributed by atoms with van der Waals surface area (Å²) in [5.74, 6) is 2.16. The van der Waals surface area contributed by atoms with Crippen molar-refractivity contribution in [1.82, 2.24) is 4.57 Å². The molecule has 0 radical (unpaired) electrons. The first-order valence-corrected chi connectivity index (χ1v) is 11.0. The summed E-state index contributed by atoms with van der Waals surface area (Å²) in [4.78, 5) is 0. The molecule has 0 bridgehead atoms. The lowest BCUT2D eigenvalue weighted by atomic mass is 9.88. The molecule has 4 aromatic rings. The van der Waals surface area contributed by atoms with Gasteiger partial charge >= 0.3 is 0 Å². The molecule has 0 saturated heterocycles. The molecule has 1 aliphatic heterocycles. The summed E-state index contributed by atoms with van der Waals surface area (Å²) in [6.45, 7) is 10.2. The van der Waals surface area contributed by atoms with Gasteiger partial charge in [0.1, 0.15) is 24.6 Å². The van der Waals surface area contributed by atoms with E-state index in [1.165, 1.54) is 44.9 Å². The third-order valence-electron chi connectivity index (χ3n) is 6.26. The Morgan fingerprint density at radius 3 is 2.07 bits per heavy atom. The van der Waals surface area contributed by atoms with Gasteiger partial charge in [-0.2, -0.15) is 4.57 Å². The normalized spacial score (nSPS) is 12.5. The summed E-state index contributed by atoms with van der Waals surface area (Å²) < 4.78 is 4.81. The zero-order chi connectivity index (χ0) is 20.8. The molecule has 1 aliphatic rings. The van der Waals surface area contributed by atoms with Gasteiger partial charge in [0.05, 0.1) is 5.56 Å². The van der Waals surface area contributed by atoms with E-state index in [9.17, 15) is 0 Å². The summed E-state index contributed by atoms with van der Waals surface area (Å²) in [6.07, 6.45) is 4.48. The van der Waals surface area contributed by atoms with E-state index >= 15 is 0 Å². The molecule has 0 aliphatic carbocycles. The van der Waals surface area contributed by atoms with Gasteiger partial charge < -0.3 is 0 Å². The summed E-state index contributed by atoms with van der Waals surface area (Å²) in [5.41, 5.74) is 9.50. The van der Waals surface area contributed by atoms with E-state index in [1.54, 1.807) is 0 Å². The number of hydrogen-bond acceptors (Lipinski definition) is 0. The highest BCUT2D eigenvalue weighted by Gasteiger charge is 2.32. The maximum Gasteiger partial charge on any atom is 0.294 e. The van der Waals surface area contributed by atoms with Crippen molar-refractivity contribution in [1.29, 1.82) is 0 Å². The second-order valence-electron chi connectivity index (χ2n) is 8.96. The fourth-order valence-corrected chi connectivity index (χ4v) is 4.71. The lowest BCUT2D eigenvalue weighted by Gasteiger charge is -2.20. The number of fused-ring (bicyclic) bond motifs is 3. The van der Waals surface area contributed by atoms with Crippen LogP contribution in [0.3, 0.4) is 0 Å². The van der Waals surface area contributed by atoms with Crippen LogP contribution in [-0.4, -0.2) is 4.57 Å². The molecule has 1 aromatic heterocycles. The highest BCUT2D eigenvalue weighted by Crippen LogP contribution is 2.38. The summed E-state index contributed by atoms with van der Waals surface area (Å²) in [7, 11) is 0. The van der Waals surface area contributed by atoms with Gasteiger partial charge in [-0.25, -0.2) is 4.57 Å². The molecule has 2 heteroatoms. The second kappa shape index (κ2) is 7.28. The Morgan fingerprint density at radius 2 is 1.40 bits per heavy atom. The van der Waals surface area contributed by atoms with Crippen molar-refractivity contribution >= 4 is 0 Å². The Hall–Kier alpha value is -3.13. The third-order valence-corrected chi connectivity index (χ3v) is 6.26. The molecule has 0 N–H and O–H groups in total. The van der Waals surface area contributed by atoms with Gasteiger partial charge in [-0.1, -0.05) is 76.2 Å². The van der Waals surface area contributed by atoms with Crippen molar-refractivity contribution < 1.29 is 4.57 Å². The Labute approximate surface area is 179 Å². The van der Waals surface area contributed by atoms with Gasteiger partial charge in [0.2, 0.25) is 0 Å². The molecular weight excluding hydrogens is 364 g/mol. The first-order chi connectivity index (χ1) is 14.5. The van der Waals surface area contributed by atoms with Crippen molar-refractivity contribution in [3.8, 4) is 28.2 Å². The SMILES string of the molecule is CC(C)c1cc(-c2ccccc2)cc(C(C)C)c1-n1cc[n+]2c1-c1ccccc1C2. The zero-order valence-corrected chi connectivity index (χ0v) is 18.3. The molecule has 150 valence electrons. The Bertz CT molecular complexity index is 1180. The topological polar surface area (TPSA) is 8.81 Å². The van der Waals surface area contributed by atoms with E-state index in [1.807, 2.05) is 0 Å². The number of nitrogens with zero attached hydrogens (tertiary/aromatic N) is 2. The maximum absolute atomic E-state index is 2.44. The lowest BCUT2D eigenvalue weighted by Crippen LogP contribution is -2.30. The molecule has 3 aromatic carbocycles. The number of benzene rings is 3. The van der Waals surface area contributed by atoms with Crippen molar-refractivity contribution in [3.05, 3.63) is 95.8 Å². The van der Waals surface area contributed by atoms with Crippen LogP contribution in [-0.2, 0) is 6.54 Å². The average molecular weight is 394 g/mol. The standard InChI is InChI=1S/C28H29N2/c1-19(2)25-16-23(21-10-6-5-7-11-21)17-26(20(3)4)27(25)30-15-14-29-18-22-12-8-9-13-24(22)28(29)30/h5-17,19-20H,18H2,1-4H3/q+1.